The SMILES string of the molecule is C[C@@H]1O[C@@H](OCCOCCOCCOCCOCCOCCOc2cc3c4c(c2)OC(C)(C)C2CCC(C)(CC42)O3)[C@H](O)[C@H](O)[C@H]1O. The van der Waals surface area contributed by atoms with E-state index in [-0.39, 0.29) is 24.4 Å². The zero-order valence-corrected chi connectivity index (χ0v) is 28.2. The van der Waals surface area contributed by atoms with Crippen LogP contribution in [0.25, 0.3) is 0 Å². The Hall–Kier alpha value is -1.78. The maximum absolute atomic E-state index is 9.92. The molecule has 1 aromatic rings. The summed E-state index contributed by atoms with van der Waals surface area (Å²) < 4.78 is 57.4. The first-order valence-electron chi connectivity index (χ1n) is 17.0. The molecular formula is C34H54O13. The van der Waals surface area contributed by atoms with E-state index in [0.29, 0.717) is 77.9 Å². The summed E-state index contributed by atoms with van der Waals surface area (Å²) in [6.45, 7) is 13.1. The van der Waals surface area contributed by atoms with E-state index in [1.165, 1.54) is 5.56 Å². The van der Waals surface area contributed by atoms with Crippen LogP contribution in [0.3, 0.4) is 0 Å². The number of benzene rings is 1. The molecule has 8 atom stereocenters. The van der Waals surface area contributed by atoms with Crippen LogP contribution in [-0.4, -0.2) is 137 Å². The Labute approximate surface area is 277 Å². The molecule has 0 aromatic heterocycles. The molecule has 2 bridgehead atoms. The van der Waals surface area contributed by atoms with Crippen LogP contribution in [0.15, 0.2) is 12.1 Å². The van der Waals surface area contributed by atoms with Gasteiger partial charge in [-0.15, -0.1) is 0 Å². The number of ether oxygens (including phenoxy) is 10. The highest BCUT2D eigenvalue weighted by atomic mass is 16.7. The van der Waals surface area contributed by atoms with Gasteiger partial charge in [-0.2, -0.15) is 0 Å². The highest BCUT2D eigenvalue weighted by Crippen LogP contribution is 2.60. The Bertz CT molecular complexity index is 1100. The van der Waals surface area contributed by atoms with Crippen molar-refractivity contribution in [2.45, 2.75) is 94.8 Å². The molecule has 2 fully saturated rings. The van der Waals surface area contributed by atoms with E-state index in [9.17, 15) is 15.3 Å². The molecule has 1 saturated heterocycles. The van der Waals surface area contributed by atoms with Gasteiger partial charge in [0, 0.05) is 29.5 Å². The summed E-state index contributed by atoms with van der Waals surface area (Å²) in [5, 5.41) is 29.4. The molecule has 0 spiro atoms. The van der Waals surface area contributed by atoms with Crippen molar-refractivity contribution >= 4 is 0 Å². The van der Waals surface area contributed by atoms with Crippen LogP contribution in [0.5, 0.6) is 17.2 Å². The Morgan fingerprint density at radius 1 is 0.702 bits per heavy atom. The average molecular weight is 671 g/mol. The third-order valence-corrected chi connectivity index (χ3v) is 9.49. The molecule has 1 saturated carbocycles. The fraction of sp³-hybridized carbons (Fsp3) is 0.824. The van der Waals surface area contributed by atoms with Gasteiger partial charge in [0.25, 0.3) is 0 Å². The predicted molar refractivity (Wildman–Crippen MR) is 168 cm³/mol. The monoisotopic (exact) mass is 670 g/mol. The predicted octanol–water partition coefficient (Wildman–Crippen LogP) is 2.20. The molecule has 3 heterocycles. The van der Waals surface area contributed by atoms with Crippen LogP contribution in [0.2, 0.25) is 0 Å². The van der Waals surface area contributed by atoms with Gasteiger partial charge < -0.3 is 62.7 Å². The van der Waals surface area contributed by atoms with Crippen LogP contribution in [0, 0.1) is 5.92 Å². The number of fused-ring (bicyclic) bond motifs is 1. The first-order valence-corrected chi connectivity index (χ1v) is 17.0. The van der Waals surface area contributed by atoms with E-state index in [4.69, 9.17) is 47.4 Å². The first-order chi connectivity index (χ1) is 22.6. The van der Waals surface area contributed by atoms with Gasteiger partial charge in [-0.1, -0.05) is 0 Å². The summed E-state index contributed by atoms with van der Waals surface area (Å²) in [6, 6.07) is 4.01. The summed E-state index contributed by atoms with van der Waals surface area (Å²) in [7, 11) is 0. The molecule has 0 radical (unpaired) electrons. The summed E-state index contributed by atoms with van der Waals surface area (Å²) >= 11 is 0. The first kappa shape index (κ1) is 36.5. The molecule has 1 aliphatic carbocycles. The van der Waals surface area contributed by atoms with Crippen molar-refractivity contribution in [3.05, 3.63) is 17.7 Å². The van der Waals surface area contributed by atoms with Gasteiger partial charge in [0.2, 0.25) is 0 Å². The molecule has 1 aromatic carbocycles. The minimum Gasteiger partial charge on any atom is -0.491 e. The normalized spacial score (nSPS) is 32.0. The number of hydrogen-bond acceptors (Lipinski definition) is 13. The van der Waals surface area contributed by atoms with Crippen molar-refractivity contribution in [1.29, 1.82) is 0 Å². The second-order valence-corrected chi connectivity index (χ2v) is 13.5. The zero-order valence-electron chi connectivity index (χ0n) is 28.2. The Kier molecular flexibility index (Phi) is 13.0. The largest absolute Gasteiger partial charge is 0.491 e. The summed E-state index contributed by atoms with van der Waals surface area (Å²) in [5.41, 5.74) is 0.882. The Morgan fingerprint density at radius 2 is 1.23 bits per heavy atom. The topological polar surface area (TPSA) is 153 Å². The maximum atomic E-state index is 9.92. The van der Waals surface area contributed by atoms with Crippen molar-refractivity contribution in [2.75, 3.05) is 79.3 Å². The third-order valence-electron chi connectivity index (χ3n) is 9.49. The van der Waals surface area contributed by atoms with Gasteiger partial charge in [0.15, 0.2) is 6.29 Å². The van der Waals surface area contributed by atoms with Gasteiger partial charge in [-0.3, -0.25) is 0 Å². The lowest BCUT2D eigenvalue weighted by Gasteiger charge is -2.55. The second kappa shape index (κ2) is 16.8. The summed E-state index contributed by atoms with van der Waals surface area (Å²) in [5.74, 6) is 3.50. The molecular weight excluding hydrogens is 616 g/mol. The van der Waals surface area contributed by atoms with Crippen LogP contribution in [0.1, 0.15) is 58.4 Å². The fourth-order valence-corrected chi connectivity index (χ4v) is 6.99. The lowest BCUT2D eigenvalue weighted by molar-refractivity contribution is -0.294. The molecule has 3 aliphatic heterocycles. The van der Waals surface area contributed by atoms with Gasteiger partial charge in [-0.25, -0.2) is 0 Å². The van der Waals surface area contributed by atoms with Crippen molar-refractivity contribution in [3.63, 3.8) is 0 Å². The molecule has 5 rings (SSSR count). The van der Waals surface area contributed by atoms with E-state index in [2.05, 4.69) is 20.8 Å². The number of hydrogen-bond donors (Lipinski definition) is 3. The van der Waals surface area contributed by atoms with Crippen molar-refractivity contribution in [1.82, 2.24) is 0 Å². The van der Waals surface area contributed by atoms with Gasteiger partial charge >= 0.3 is 0 Å². The smallest absolute Gasteiger partial charge is 0.186 e. The van der Waals surface area contributed by atoms with E-state index in [1.54, 1.807) is 6.92 Å². The highest BCUT2D eigenvalue weighted by Gasteiger charge is 2.54. The lowest BCUT2D eigenvalue weighted by Crippen LogP contribution is -2.57. The quantitative estimate of drug-likeness (QED) is 0.174. The molecule has 47 heavy (non-hydrogen) atoms. The van der Waals surface area contributed by atoms with E-state index in [1.807, 2.05) is 12.1 Å². The summed E-state index contributed by atoms with van der Waals surface area (Å²) in [4.78, 5) is 0. The van der Waals surface area contributed by atoms with Crippen LogP contribution < -0.4 is 14.2 Å². The Morgan fingerprint density at radius 3 is 1.83 bits per heavy atom. The number of rotatable bonds is 20. The minimum atomic E-state index is -1.32. The van der Waals surface area contributed by atoms with Crippen LogP contribution >= 0.6 is 0 Å². The van der Waals surface area contributed by atoms with Gasteiger partial charge in [0.05, 0.1) is 78.8 Å². The van der Waals surface area contributed by atoms with Gasteiger partial charge in [-0.05, 0) is 47.0 Å². The highest BCUT2D eigenvalue weighted by molar-refractivity contribution is 5.56. The van der Waals surface area contributed by atoms with E-state index < -0.39 is 30.7 Å². The molecule has 0 amide bonds. The standard InChI is InChI=1S/C34H54O13/c1-22-29(35)30(36)31(37)32(45-22)44-18-16-42-14-12-40-10-8-38-7-9-39-11-13-41-15-17-43-23-19-26-28-24-21-34(4,47-27(28)20-23)6-5-25(24)33(2,3)46-26/h19-20,22,24-25,29-32,35-37H,5-18,21H2,1-4H3/t22-,24?,25?,29-,30+,31+,32+,34?/m0/s1. The molecule has 3 N–H and O–H groups in total. The van der Waals surface area contributed by atoms with Gasteiger partial charge in [0.1, 0.15) is 53.4 Å². The average Bonchev–Trinajstić information content (AvgIpc) is 3.02. The van der Waals surface area contributed by atoms with Crippen molar-refractivity contribution in [3.8, 4) is 17.2 Å². The summed E-state index contributed by atoms with van der Waals surface area (Å²) in [6.07, 6.45) is -2.23. The molecule has 13 nitrogen and oxygen atoms in total. The van der Waals surface area contributed by atoms with E-state index in [0.717, 1.165) is 36.5 Å². The third kappa shape index (κ3) is 9.47. The molecule has 13 heteroatoms. The number of aliphatic hydroxyl groups is 3. The maximum Gasteiger partial charge on any atom is 0.186 e. The fourth-order valence-electron chi connectivity index (χ4n) is 6.99. The molecule has 3 unspecified atom stereocenters. The van der Waals surface area contributed by atoms with Crippen LogP contribution in [-0.2, 0) is 33.2 Å². The molecule has 4 aliphatic rings. The Balaban J connectivity index is 0.821. The van der Waals surface area contributed by atoms with Crippen molar-refractivity contribution in [2.24, 2.45) is 5.92 Å². The number of aliphatic hydroxyl groups excluding tert-OH is 3. The van der Waals surface area contributed by atoms with E-state index >= 15 is 0 Å². The lowest BCUT2D eigenvalue weighted by atomic mass is 9.61. The van der Waals surface area contributed by atoms with Crippen molar-refractivity contribution < 1.29 is 62.7 Å². The molecule has 268 valence electrons. The second-order valence-electron chi connectivity index (χ2n) is 13.5. The minimum absolute atomic E-state index is 0.120. The van der Waals surface area contributed by atoms with Crippen LogP contribution in [0.4, 0.5) is 0 Å². The zero-order chi connectivity index (χ0) is 33.4.